The van der Waals surface area contributed by atoms with Crippen molar-refractivity contribution in [2.24, 2.45) is 0 Å². The summed E-state index contributed by atoms with van der Waals surface area (Å²) in [6.45, 7) is -0.0234. The number of aromatic nitrogens is 1. The average Bonchev–Trinajstić information content (AvgIpc) is 2.52. The summed E-state index contributed by atoms with van der Waals surface area (Å²) in [4.78, 5) is 14.9. The largest absolute Gasteiger partial charge is 0.481 e. The molecule has 0 radical (unpaired) electrons. The number of carboxylic acid groups (broad SMARTS) is 1. The Balaban J connectivity index is 2.53. The fourth-order valence-corrected chi connectivity index (χ4v) is 1.44. The van der Waals surface area contributed by atoms with Crippen LogP contribution in [0.4, 0.5) is 0 Å². The lowest BCUT2D eigenvalue weighted by Crippen LogP contribution is -1.89. The van der Waals surface area contributed by atoms with Crippen molar-refractivity contribution in [3.05, 3.63) is 22.2 Å². The lowest BCUT2D eigenvalue weighted by Gasteiger charge is -1.83. The number of thiazole rings is 1. The van der Waals surface area contributed by atoms with Crippen molar-refractivity contribution >= 4 is 23.4 Å². The van der Waals surface area contributed by atoms with Gasteiger partial charge in [-0.2, -0.15) is 0 Å². The molecule has 0 atom stereocenters. The van der Waals surface area contributed by atoms with Crippen LogP contribution in [0.3, 0.4) is 0 Å². The van der Waals surface area contributed by atoms with Crippen LogP contribution in [0.25, 0.3) is 6.08 Å². The van der Waals surface area contributed by atoms with Gasteiger partial charge in [-0.1, -0.05) is 6.08 Å². The Morgan fingerprint density at radius 2 is 2.46 bits per heavy atom. The van der Waals surface area contributed by atoms with Gasteiger partial charge >= 0.3 is 5.97 Å². The van der Waals surface area contributed by atoms with Crippen molar-refractivity contribution in [1.29, 1.82) is 0 Å². The molecule has 0 spiro atoms. The molecule has 0 bridgehead atoms. The highest BCUT2D eigenvalue weighted by Gasteiger charge is 1.96. The molecule has 0 unspecified atom stereocenters. The molecule has 1 aromatic rings. The van der Waals surface area contributed by atoms with Gasteiger partial charge in [-0.05, 0) is 6.08 Å². The highest BCUT2D eigenvalue weighted by Crippen LogP contribution is 2.13. The first-order valence-corrected chi connectivity index (χ1v) is 4.48. The maximum Gasteiger partial charge on any atom is 0.307 e. The summed E-state index contributed by atoms with van der Waals surface area (Å²) < 4.78 is 0. The molecule has 70 valence electrons. The van der Waals surface area contributed by atoms with Crippen LogP contribution in [0, 0.1) is 0 Å². The van der Waals surface area contributed by atoms with Crippen LogP contribution in [0.1, 0.15) is 16.3 Å². The van der Waals surface area contributed by atoms with E-state index in [4.69, 9.17) is 10.2 Å². The normalized spacial score (nSPS) is 10.8. The zero-order valence-electron chi connectivity index (χ0n) is 6.80. The predicted molar refractivity (Wildman–Crippen MR) is 49.3 cm³/mol. The molecule has 4 nitrogen and oxygen atoms in total. The van der Waals surface area contributed by atoms with Gasteiger partial charge in [-0.3, -0.25) is 4.79 Å². The Morgan fingerprint density at radius 3 is 3.00 bits per heavy atom. The van der Waals surface area contributed by atoms with Crippen LogP contribution >= 0.6 is 11.3 Å². The zero-order valence-corrected chi connectivity index (χ0v) is 7.62. The van der Waals surface area contributed by atoms with Crippen molar-refractivity contribution in [2.45, 2.75) is 13.0 Å². The molecule has 0 aliphatic carbocycles. The number of carboxylic acids is 1. The van der Waals surface area contributed by atoms with Crippen LogP contribution in [0.2, 0.25) is 0 Å². The Bertz CT molecular complexity index is 319. The molecule has 0 aromatic carbocycles. The minimum atomic E-state index is -0.866. The predicted octanol–water partition coefficient (Wildman–Crippen LogP) is 1.12. The van der Waals surface area contributed by atoms with Crippen LogP contribution in [-0.2, 0) is 11.4 Å². The molecule has 0 aliphatic rings. The Labute approximate surface area is 79.2 Å². The molecule has 2 N–H and O–H groups in total. The van der Waals surface area contributed by atoms with E-state index < -0.39 is 5.97 Å². The van der Waals surface area contributed by atoms with Gasteiger partial charge in [0.1, 0.15) is 5.01 Å². The standard InChI is InChI=1S/C8H9NO3S/c10-5-6-4-9-7(13-6)2-1-3-8(11)12/h1-2,4,10H,3,5H2,(H,11,12). The first-order chi connectivity index (χ1) is 6.22. The third-order valence-corrected chi connectivity index (χ3v) is 2.23. The highest BCUT2D eigenvalue weighted by atomic mass is 32.1. The summed E-state index contributed by atoms with van der Waals surface area (Å²) in [5.41, 5.74) is 0. The summed E-state index contributed by atoms with van der Waals surface area (Å²) in [5, 5.41) is 17.8. The van der Waals surface area contributed by atoms with E-state index in [9.17, 15) is 4.79 Å². The third kappa shape index (κ3) is 3.35. The van der Waals surface area contributed by atoms with Crippen molar-refractivity contribution in [1.82, 2.24) is 4.98 Å². The highest BCUT2D eigenvalue weighted by molar-refractivity contribution is 7.12. The minimum Gasteiger partial charge on any atom is -0.481 e. The van der Waals surface area contributed by atoms with Gasteiger partial charge in [0, 0.05) is 6.20 Å². The van der Waals surface area contributed by atoms with E-state index in [1.165, 1.54) is 17.4 Å². The Morgan fingerprint density at radius 1 is 1.69 bits per heavy atom. The van der Waals surface area contributed by atoms with Gasteiger partial charge in [0.2, 0.25) is 0 Å². The zero-order chi connectivity index (χ0) is 9.68. The maximum absolute atomic E-state index is 10.1. The van der Waals surface area contributed by atoms with E-state index in [1.54, 1.807) is 12.3 Å². The SMILES string of the molecule is O=C(O)CC=Cc1ncc(CO)s1. The van der Waals surface area contributed by atoms with Gasteiger partial charge in [0.05, 0.1) is 17.9 Å². The molecule has 0 aliphatic heterocycles. The van der Waals surface area contributed by atoms with Crippen LogP contribution < -0.4 is 0 Å². The topological polar surface area (TPSA) is 70.4 Å². The van der Waals surface area contributed by atoms with Crippen molar-refractivity contribution < 1.29 is 15.0 Å². The molecule has 5 heteroatoms. The fraction of sp³-hybridized carbons (Fsp3) is 0.250. The van der Waals surface area contributed by atoms with E-state index in [2.05, 4.69) is 4.98 Å². The number of carbonyl (C=O) groups is 1. The molecule has 0 saturated carbocycles. The molecule has 1 rings (SSSR count). The van der Waals surface area contributed by atoms with Gasteiger partial charge < -0.3 is 10.2 Å². The average molecular weight is 199 g/mol. The van der Waals surface area contributed by atoms with E-state index in [-0.39, 0.29) is 13.0 Å². The minimum absolute atomic E-state index is 0.00591. The molecule has 1 heterocycles. The molecular formula is C8H9NO3S. The number of aliphatic hydroxyl groups excluding tert-OH is 1. The number of aliphatic carboxylic acids is 1. The first-order valence-electron chi connectivity index (χ1n) is 3.66. The van der Waals surface area contributed by atoms with Gasteiger partial charge in [0.25, 0.3) is 0 Å². The molecule has 0 saturated heterocycles. The van der Waals surface area contributed by atoms with E-state index >= 15 is 0 Å². The van der Waals surface area contributed by atoms with E-state index in [0.29, 0.717) is 5.01 Å². The summed E-state index contributed by atoms with van der Waals surface area (Å²) in [7, 11) is 0. The van der Waals surface area contributed by atoms with Crippen LogP contribution in [0.15, 0.2) is 12.3 Å². The maximum atomic E-state index is 10.1. The summed E-state index contributed by atoms with van der Waals surface area (Å²) in [6.07, 6.45) is 4.74. The molecule has 0 fully saturated rings. The Kier molecular flexibility index (Phi) is 3.60. The second-order valence-electron chi connectivity index (χ2n) is 2.32. The van der Waals surface area contributed by atoms with Crippen LogP contribution in [0.5, 0.6) is 0 Å². The third-order valence-electron chi connectivity index (χ3n) is 1.28. The molecule has 0 amide bonds. The number of hydrogen-bond acceptors (Lipinski definition) is 4. The number of hydrogen-bond donors (Lipinski definition) is 2. The monoisotopic (exact) mass is 199 g/mol. The lowest BCUT2D eigenvalue weighted by molar-refractivity contribution is -0.135. The van der Waals surface area contributed by atoms with Gasteiger partial charge in [-0.15, -0.1) is 11.3 Å². The van der Waals surface area contributed by atoms with Crippen molar-refractivity contribution in [2.75, 3.05) is 0 Å². The second kappa shape index (κ2) is 4.74. The first kappa shape index (κ1) is 9.88. The summed E-state index contributed by atoms with van der Waals surface area (Å²) >= 11 is 1.34. The van der Waals surface area contributed by atoms with Gasteiger partial charge in [0.15, 0.2) is 0 Å². The second-order valence-corrected chi connectivity index (χ2v) is 3.47. The Hall–Kier alpha value is -1.20. The van der Waals surface area contributed by atoms with Crippen molar-refractivity contribution in [3.8, 4) is 0 Å². The van der Waals surface area contributed by atoms with Crippen LogP contribution in [-0.4, -0.2) is 21.2 Å². The van der Waals surface area contributed by atoms with E-state index in [1.807, 2.05) is 0 Å². The quantitative estimate of drug-likeness (QED) is 0.762. The fourth-order valence-electron chi connectivity index (χ4n) is 0.733. The number of rotatable bonds is 4. The van der Waals surface area contributed by atoms with Crippen molar-refractivity contribution in [3.63, 3.8) is 0 Å². The molecule has 1 aromatic heterocycles. The van der Waals surface area contributed by atoms with E-state index in [0.717, 1.165) is 4.88 Å². The number of nitrogens with zero attached hydrogens (tertiary/aromatic N) is 1. The summed E-state index contributed by atoms with van der Waals surface area (Å²) in [5.74, 6) is -0.866. The van der Waals surface area contributed by atoms with Gasteiger partial charge in [-0.25, -0.2) is 4.98 Å². The smallest absolute Gasteiger partial charge is 0.307 e. The molecular weight excluding hydrogens is 190 g/mol. The lowest BCUT2D eigenvalue weighted by atomic mass is 10.4. The number of aliphatic hydroxyl groups is 1. The molecule has 13 heavy (non-hydrogen) atoms. The summed E-state index contributed by atoms with van der Waals surface area (Å²) in [6, 6.07) is 0.